The number of thioether (sulfide) groups is 1. The van der Waals surface area contributed by atoms with Gasteiger partial charge in [0.15, 0.2) is 0 Å². The summed E-state index contributed by atoms with van der Waals surface area (Å²) in [5.41, 5.74) is 3.16. The maximum absolute atomic E-state index is 12.4. The zero-order chi connectivity index (χ0) is 18.0. The van der Waals surface area contributed by atoms with Gasteiger partial charge in [-0.15, -0.1) is 10.2 Å². The van der Waals surface area contributed by atoms with Crippen LogP contribution in [0.2, 0.25) is 0 Å². The van der Waals surface area contributed by atoms with Gasteiger partial charge in [0.2, 0.25) is 11.8 Å². The molecule has 9 heteroatoms. The summed E-state index contributed by atoms with van der Waals surface area (Å²) in [6, 6.07) is 3.63. The first-order valence-corrected chi connectivity index (χ1v) is 8.55. The number of amides is 1. The fraction of sp³-hybridized carbons (Fsp3) is 0.312. The normalized spacial score (nSPS) is 12.2. The number of nitrogens with one attached hydrogen (secondary N) is 1. The highest BCUT2D eigenvalue weighted by Gasteiger charge is 2.21. The largest absolute Gasteiger partial charge is 0.411 e. The fourth-order valence-electron chi connectivity index (χ4n) is 2.25. The van der Waals surface area contributed by atoms with Crippen LogP contribution < -0.4 is 5.32 Å². The van der Waals surface area contributed by atoms with Crippen LogP contribution in [-0.2, 0) is 11.8 Å². The number of anilines is 1. The smallest absolute Gasteiger partial charge is 0.277 e. The van der Waals surface area contributed by atoms with Gasteiger partial charge in [0.1, 0.15) is 0 Å². The van der Waals surface area contributed by atoms with Crippen LogP contribution in [0.1, 0.15) is 18.3 Å². The molecule has 3 aromatic heterocycles. The van der Waals surface area contributed by atoms with Crippen LogP contribution in [0, 0.1) is 13.8 Å². The lowest BCUT2D eigenvalue weighted by molar-refractivity contribution is -0.115. The first kappa shape index (κ1) is 17.2. The predicted octanol–water partition coefficient (Wildman–Crippen LogP) is 2.60. The lowest BCUT2D eigenvalue weighted by atomic mass is 10.3. The molecule has 0 aliphatic heterocycles. The second-order valence-corrected chi connectivity index (χ2v) is 6.83. The third-order valence-electron chi connectivity index (χ3n) is 3.72. The average molecular weight is 358 g/mol. The molecule has 3 rings (SSSR count). The molecule has 0 aromatic carbocycles. The van der Waals surface area contributed by atoms with Gasteiger partial charge in [0, 0.05) is 19.4 Å². The molecule has 130 valence electrons. The SMILES string of the molecule is Cc1nn(C)c(C)c1NC(=O)[C@@H](C)Sc1nnc(-c2cccnc2)o1. The molecule has 0 aliphatic carbocycles. The molecule has 8 nitrogen and oxygen atoms in total. The number of carbonyl (C=O) groups is 1. The zero-order valence-electron chi connectivity index (χ0n) is 14.3. The molecule has 0 fully saturated rings. The highest BCUT2D eigenvalue weighted by Crippen LogP contribution is 2.27. The summed E-state index contributed by atoms with van der Waals surface area (Å²) < 4.78 is 7.33. The summed E-state index contributed by atoms with van der Waals surface area (Å²) in [4.78, 5) is 16.5. The molecule has 0 radical (unpaired) electrons. The first-order valence-electron chi connectivity index (χ1n) is 7.67. The number of hydrogen-bond acceptors (Lipinski definition) is 7. The zero-order valence-corrected chi connectivity index (χ0v) is 15.2. The lowest BCUT2D eigenvalue weighted by Gasteiger charge is -2.10. The number of hydrogen-bond donors (Lipinski definition) is 1. The molecular weight excluding hydrogens is 340 g/mol. The second kappa shape index (κ2) is 7.06. The molecule has 1 atom stereocenters. The Morgan fingerprint density at radius 2 is 2.16 bits per heavy atom. The van der Waals surface area contributed by atoms with Crippen molar-refractivity contribution >= 4 is 23.4 Å². The van der Waals surface area contributed by atoms with Crippen molar-refractivity contribution in [2.45, 2.75) is 31.2 Å². The Morgan fingerprint density at radius 1 is 1.36 bits per heavy atom. The van der Waals surface area contributed by atoms with Crippen molar-refractivity contribution in [3.63, 3.8) is 0 Å². The van der Waals surface area contributed by atoms with Gasteiger partial charge in [-0.3, -0.25) is 14.5 Å². The molecule has 0 aliphatic rings. The van der Waals surface area contributed by atoms with Crippen LogP contribution in [0.4, 0.5) is 5.69 Å². The summed E-state index contributed by atoms with van der Waals surface area (Å²) in [7, 11) is 1.84. The Bertz CT molecular complexity index is 889. The van der Waals surface area contributed by atoms with E-state index in [0.717, 1.165) is 22.6 Å². The van der Waals surface area contributed by atoms with Gasteiger partial charge in [0.05, 0.1) is 27.9 Å². The second-order valence-electron chi connectivity index (χ2n) is 5.53. The monoisotopic (exact) mass is 358 g/mol. The molecule has 0 saturated heterocycles. The topological polar surface area (TPSA) is 98.7 Å². The van der Waals surface area contributed by atoms with Crippen molar-refractivity contribution < 1.29 is 9.21 Å². The maximum Gasteiger partial charge on any atom is 0.277 e. The van der Waals surface area contributed by atoms with E-state index in [1.807, 2.05) is 27.0 Å². The van der Waals surface area contributed by atoms with Gasteiger partial charge in [-0.2, -0.15) is 5.10 Å². The Morgan fingerprint density at radius 3 is 2.80 bits per heavy atom. The molecule has 0 unspecified atom stereocenters. The van der Waals surface area contributed by atoms with Crippen LogP contribution in [0.15, 0.2) is 34.2 Å². The average Bonchev–Trinajstić information content (AvgIpc) is 3.16. The van der Waals surface area contributed by atoms with E-state index < -0.39 is 5.25 Å². The Kier molecular flexibility index (Phi) is 4.84. The van der Waals surface area contributed by atoms with E-state index in [9.17, 15) is 4.79 Å². The number of carbonyl (C=O) groups excluding carboxylic acids is 1. The van der Waals surface area contributed by atoms with Gasteiger partial charge in [-0.05, 0) is 32.9 Å². The lowest BCUT2D eigenvalue weighted by Crippen LogP contribution is -2.23. The standard InChI is InChI=1S/C16H18N6O2S/c1-9-13(10(2)22(4)21-9)18-14(23)11(3)25-16-20-19-15(24-16)12-6-5-7-17-8-12/h5-8,11H,1-4H3,(H,18,23)/t11-/m1/s1. The van der Waals surface area contributed by atoms with E-state index in [1.165, 1.54) is 11.8 Å². The van der Waals surface area contributed by atoms with Gasteiger partial charge in [-0.1, -0.05) is 11.8 Å². The van der Waals surface area contributed by atoms with Crippen LogP contribution in [-0.4, -0.2) is 36.1 Å². The van der Waals surface area contributed by atoms with Gasteiger partial charge in [-0.25, -0.2) is 0 Å². The van der Waals surface area contributed by atoms with E-state index >= 15 is 0 Å². The van der Waals surface area contributed by atoms with Crippen molar-refractivity contribution in [2.75, 3.05) is 5.32 Å². The van der Waals surface area contributed by atoms with Crippen molar-refractivity contribution in [2.24, 2.45) is 7.05 Å². The summed E-state index contributed by atoms with van der Waals surface area (Å²) in [6.45, 7) is 5.55. The molecular formula is C16H18N6O2S. The Balaban J connectivity index is 1.67. The highest BCUT2D eigenvalue weighted by molar-refractivity contribution is 8.00. The maximum atomic E-state index is 12.4. The summed E-state index contributed by atoms with van der Waals surface area (Å²) in [6.07, 6.45) is 3.32. The number of rotatable bonds is 5. The van der Waals surface area contributed by atoms with Crippen LogP contribution in [0.3, 0.4) is 0 Å². The number of nitrogens with zero attached hydrogens (tertiary/aromatic N) is 5. The summed E-state index contributed by atoms with van der Waals surface area (Å²) in [5.74, 6) is 0.229. The Labute approximate surface area is 149 Å². The van der Waals surface area contributed by atoms with E-state index in [2.05, 4.69) is 25.6 Å². The summed E-state index contributed by atoms with van der Waals surface area (Å²) >= 11 is 1.21. The molecule has 0 bridgehead atoms. The van der Waals surface area contributed by atoms with Crippen LogP contribution in [0.25, 0.3) is 11.5 Å². The van der Waals surface area contributed by atoms with Crippen LogP contribution in [0.5, 0.6) is 0 Å². The third kappa shape index (κ3) is 3.71. The van der Waals surface area contributed by atoms with Crippen molar-refractivity contribution in [3.8, 4) is 11.5 Å². The van der Waals surface area contributed by atoms with E-state index in [0.29, 0.717) is 11.1 Å². The molecule has 3 heterocycles. The number of pyridine rings is 1. The van der Waals surface area contributed by atoms with Crippen molar-refractivity contribution in [1.82, 2.24) is 25.0 Å². The Hall–Kier alpha value is -2.68. The van der Waals surface area contributed by atoms with Gasteiger partial charge < -0.3 is 9.73 Å². The van der Waals surface area contributed by atoms with E-state index in [1.54, 1.807) is 30.1 Å². The van der Waals surface area contributed by atoms with Gasteiger partial charge in [0.25, 0.3) is 5.22 Å². The molecule has 0 spiro atoms. The summed E-state index contributed by atoms with van der Waals surface area (Å²) in [5, 5.41) is 15.1. The van der Waals surface area contributed by atoms with E-state index in [4.69, 9.17) is 4.42 Å². The van der Waals surface area contributed by atoms with Crippen molar-refractivity contribution in [3.05, 3.63) is 35.9 Å². The molecule has 3 aromatic rings. The highest BCUT2D eigenvalue weighted by atomic mass is 32.2. The molecule has 1 amide bonds. The quantitative estimate of drug-likeness (QED) is 0.700. The van der Waals surface area contributed by atoms with Crippen LogP contribution >= 0.6 is 11.8 Å². The predicted molar refractivity (Wildman–Crippen MR) is 94.2 cm³/mol. The molecule has 0 saturated carbocycles. The minimum atomic E-state index is -0.402. The fourth-order valence-corrected chi connectivity index (χ4v) is 2.93. The minimum Gasteiger partial charge on any atom is -0.411 e. The molecule has 25 heavy (non-hydrogen) atoms. The molecule has 1 N–H and O–H groups in total. The van der Waals surface area contributed by atoms with Gasteiger partial charge >= 0.3 is 0 Å². The van der Waals surface area contributed by atoms with E-state index in [-0.39, 0.29) is 5.91 Å². The third-order valence-corrected chi connectivity index (χ3v) is 4.65. The van der Waals surface area contributed by atoms with Crippen molar-refractivity contribution in [1.29, 1.82) is 0 Å². The number of aryl methyl sites for hydroxylation is 2. The number of aromatic nitrogens is 5. The first-order chi connectivity index (χ1) is 12.0. The minimum absolute atomic E-state index is 0.148.